The molecule has 1 fully saturated rings. The van der Waals surface area contributed by atoms with Crippen LogP contribution in [0.15, 0.2) is 36.7 Å². The topological polar surface area (TPSA) is 42.0 Å². The molecule has 1 aliphatic rings. The molecule has 1 aromatic carbocycles. The molecule has 0 amide bonds. The van der Waals surface area contributed by atoms with Crippen LogP contribution in [0.3, 0.4) is 0 Å². The highest BCUT2D eigenvalue weighted by Crippen LogP contribution is 2.29. The lowest BCUT2D eigenvalue weighted by molar-refractivity contribution is -0.121. The number of nitrogens with one attached hydrogen (secondary N) is 1. The first-order chi connectivity index (χ1) is 8.74. The highest BCUT2D eigenvalue weighted by molar-refractivity contribution is 5.87. The van der Waals surface area contributed by atoms with Gasteiger partial charge >= 0.3 is 0 Å². The molecular weight excluding hydrogens is 224 g/mol. The van der Waals surface area contributed by atoms with Crippen LogP contribution in [0.1, 0.15) is 31.4 Å². The summed E-state index contributed by atoms with van der Waals surface area (Å²) in [5.74, 6) is 0.345. The maximum Gasteiger partial charge on any atom is 0.136 e. The number of pyridine rings is 1. The fourth-order valence-corrected chi connectivity index (χ4v) is 2.77. The molecule has 0 spiro atoms. The minimum absolute atomic E-state index is 0.132. The third-order valence-electron chi connectivity index (χ3n) is 3.54. The van der Waals surface area contributed by atoms with E-state index in [2.05, 4.69) is 29.4 Å². The Bertz CT molecular complexity index is 589. The lowest BCUT2D eigenvalue weighted by atomic mass is 9.90. The van der Waals surface area contributed by atoms with E-state index in [0.717, 1.165) is 5.39 Å². The summed E-state index contributed by atoms with van der Waals surface area (Å²) in [5.41, 5.74) is 1.20. The van der Waals surface area contributed by atoms with Gasteiger partial charge in [-0.1, -0.05) is 18.2 Å². The van der Waals surface area contributed by atoms with Gasteiger partial charge in [0.2, 0.25) is 0 Å². The molecular formula is C15H16N2O. The van der Waals surface area contributed by atoms with E-state index < -0.39 is 0 Å². The summed E-state index contributed by atoms with van der Waals surface area (Å²) in [6.45, 7) is 2.07. The summed E-state index contributed by atoms with van der Waals surface area (Å²) in [4.78, 5) is 15.9. The monoisotopic (exact) mass is 240 g/mol. The van der Waals surface area contributed by atoms with Gasteiger partial charge < -0.3 is 5.32 Å². The fraction of sp³-hybridized carbons (Fsp3) is 0.333. The molecule has 3 nitrogen and oxygen atoms in total. The molecule has 1 aliphatic heterocycles. The summed E-state index contributed by atoms with van der Waals surface area (Å²) in [6.07, 6.45) is 4.90. The molecule has 1 aromatic heterocycles. The summed E-state index contributed by atoms with van der Waals surface area (Å²) in [5, 5.41) is 5.83. The maximum atomic E-state index is 11.7. The maximum absolute atomic E-state index is 11.7. The van der Waals surface area contributed by atoms with Crippen LogP contribution in [0.25, 0.3) is 10.8 Å². The summed E-state index contributed by atoms with van der Waals surface area (Å²) in [6, 6.07) is 8.60. The Balaban J connectivity index is 2.06. The van der Waals surface area contributed by atoms with E-state index in [4.69, 9.17) is 0 Å². The molecule has 0 aliphatic carbocycles. The van der Waals surface area contributed by atoms with E-state index in [-0.39, 0.29) is 12.1 Å². The van der Waals surface area contributed by atoms with Crippen molar-refractivity contribution in [3.63, 3.8) is 0 Å². The van der Waals surface area contributed by atoms with Crippen molar-refractivity contribution in [1.29, 1.82) is 0 Å². The van der Waals surface area contributed by atoms with Gasteiger partial charge in [-0.3, -0.25) is 9.78 Å². The molecule has 0 saturated carbocycles. The predicted octanol–water partition coefficient (Wildman–Crippen LogP) is 2.62. The molecule has 2 aromatic rings. The number of ketones is 1. The normalized spacial score (nSPS) is 24.4. The summed E-state index contributed by atoms with van der Waals surface area (Å²) in [7, 11) is 0. The fourth-order valence-electron chi connectivity index (χ4n) is 2.77. The van der Waals surface area contributed by atoms with E-state index in [0.29, 0.717) is 18.6 Å². The van der Waals surface area contributed by atoms with Crippen molar-refractivity contribution in [2.75, 3.05) is 0 Å². The number of carbonyl (C=O) groups is 1. The highest BCUT2D eigenvalue weighted by Gasteiger charge is 2.25. The van der Waals surface area contributed by atoms with Crippen molar-refractivity contribution in [3.05, 3.63) is 42.2 Å². The number of fused-ring (bicyclic) bond motifs is 1. The van der Waals surface area contributed by atoms with Crippen LogP contribution in [0.5, 0.6) is 0 Å². The number of rotatable bonds is 1. The third kappa shape index (κ3) is 2.02. The number of Topliss-reactive ketones (excluding diaryl/α,β-unsaturated/α-hetero) is 1. The minimum atomic E-state index is 0.132. The molecule has 2 unspecified atom stereocenters. The third-order valence-corrected chi connectivity index (χ3v) is 3.54. The summed E-state index contributed by atoms with van der Waals surface area (Å²) >= 11 is 0. The van der Waals surface area contributed by atoms with E-state index in [1.165, 1.54) is 10.9 Å². The molecule has 92 valence electrons. The Hall–Kier alpha value is -1.74. The van der Waals surface area contributed by atoms with Gasteiger partial charge in [-0.05, 0) is 23.9 Å². The quantitative estimate of drug-likeness (QED) is 0.833. The largest absolute Gasteiger partial charge is 0.307 e. The first-order valence-corrected chi connectivity index (χ1v) is 6.34. The van der Waals surface area contributed by atoms with Crippen molar-refractivity contribution in [2.24, 2.45) is 0 Å². The van der Waals surface area contributed by atoms with Gasteiger partial charge in [-0.25, -0.2) is 0 Å². The Labute approximate surface area is 106 Å². The van der Waals surface area contributed by atoms with Crippen molar-refractivity contribution >= 4 is 16.6 Å². The zero-order valence-electron chi connectivity index (χ0n) is 10.4. The number of benzene rings is 1. The molecule has 3 rings (SSSR count). The van der Waals surface area contributed by atoms with Crippen LogP contribution in [-0.2, 0) is 4.79 Å². The van der Waals surface area contributed by atoms with Gasteiger partial charge in [0, 0.05) is 42.7 Å². The molecule has 1 saturated heterocycles. The van der Waals surface area contributed by atoms with Crippen LogP contribution in [0.4, 0.5) is 0 Å². The van der Waals surface area contributed by atoms with Crippen molar-refractivity contribution < 1.29 is 4.79 Å². The number of aromatic nitrogens is 1. The molecule has 1 N–H and O–H groups in total. The van der Waals surface area contributed by atoms with E-state index in [1.54, 1.807) is 6.20 Å². The first kappa shape index (κ1) is 11.4. The molecule has 0 radical (unpaired) electrons. The van der Waals surface area contributed by atoms with Gasteiger partial charge in [-0.15, -0.1) is 0 Å². The average Bonchev–Trinajstić information content (AvgIpc) is 2.37. The Morgan fingerprint density at radius 1 is 1.28 bits per heavy atom. The van der Waals surface area contributed by atoms with E-state index in [9.17, 15) is 4.79 Å². The van der Waals surface area contributed by atoms with Crippen molar-refractivity contribution in [1.82, 2.24) is 10.3 Å². The number of piperidine rings is 1. The number of hydrogen-bond acceptors (Lipinski definition) is 3. The first-order valence-electron chi connectivity index (χ1n) is 6.34. The second kappa shape index (κ2) is 4.50. The standard InChI is InChI=1S/C15H16N2O/c1-10-7-12(18)8-15(17-10)14-4-2-3-11-9-16-6-5-13(11)14/h2-6,9-10,15,17H,7-8H2,1H3. The zero-order chi connectivity index (χ0) is 12.5. The second-order valence-corrected chi connectivity index (χ2v) is 5.01. The van der Waals surface area contributed by atoms with Crippen LogP contribution in [0.2, 0.25) is 0 Å². The van der Waals surface area contributed by atoms with Gasteiger partial charge in [0.05, 0.1) is 0 Å². The highest BCUT2D eigenvalue weighted by atomic mass is 16.1. The number of carbonyl (C=O) groups excluding carboxylic acids is 1. The number of nitrogens with zero attached hydrogens (tertiary/aromatic N) is 1. The van der Waals surface area contributed by atoms with Crippen LogP contribution < -0.4 is 5.32 Å². The predicted molar refractivity (Wildman–Crippen MR) is 71.3 cm³/mol. The SMILES string of the molecule is CC1CC(=O)CC(c2cccc3cnccc23)N1. The molecule has 18 heavy (non-hydrogen) atoms. The van der Waals surface area contributed by atoms with Crippen molar-refractivity contribution in [3.8, 4) is 0 Å². The average molecular weight is 240 g/mol. The summed E-state index contributed by atoms with van der Waals surface area (Å²) < 4.78 is 0. The van der Waals surface area contributed by atoms with Crippen LogP contribution in [-0.4, -0.2) is 16.8 Å². The molecule has 0 bridgehead atoms. The lowest BCUT2D eigenvalue weighted by Crippen LogP contribution is -2.38. The second-order valence-electron chi connectivity index (χ2n) is 5.01. The number of hydrogen-bond donors (Lipinski definition) is 1. The van der Waals surface area contributed by atoms with Crippen LogP contribution >= 0.6 is 0 Å². The molecule has 2 heterocycles. The smallest absolute Gasteiger partial charge is 0.136 e. The molecule has 2 atom stereocenters. The van der Waals surface area contributed by atoms with Gasteiger partial charge in [-0.2, -0.15) is 0 Å². The zero-order valence-corrected chi connectivity index (χ0v) is 10.4. The van der Waals surface area contributed by atoms with Gasteiger partial charge in [0.1, 0.15) is 5.78 Å². The van der Waals surface area contributed by atoms with E-state index >= 15 is 0 Å². The van der Waals surface area contributed by atoms with E-state index in [1.807, 2.05) is 18.3 Å². The van der Waals surface area contributed by atoms with Gasteiger partial charge in [0.25, 0.3) is 0 Å². The Kier molecular flexibility index (Phi) is 2.84. The Morgan fingerprint density at radius 3 is 3.00 bits per heavy atom. The van der Waals surface area contributed by atoms with Gasteiger partial charge in [0.15, 0.2) is 0 Å². The minimum Gasteiger partial charge on any atom is -0.307 e. The Morgan fingerprint density at radius 2 is 2.17 bits per heavy atom. The van der Waals surface area contributed by atoms with Crippen molar-refractivity contribution in [2.45, 2.75) is 31.8 Å². The molecule has 3 heteroatoms. The lowest BCUT2D eigenvalue weighted by Gasteiger charge is -2.29. The van der Waals surface area contributed by atoms with Crippen LogP contribution in [0, 0.1) is 0 Å².